The molecule has 1 amide bonds. The summed E-state index contributed by atoms with van der Waals surface area (Å²) in [7, 11) is 0. The van der Waals surface area contributed by atoms with Gasteiger partial charge in [0.2, 0.25) is 5.91 Å². The van der Waals surface area contributed by atoms with Crippen molar-refractivity contribution in [2.24, 2.45) is 0 Å². The van der Waals surface area contributed by atoms with Gasteiger partial charge < -0.3 is 4.90 Å². The highest BCUT2D eigenvalue weighted by molar-refractivity contribution is 6.10. The SMILES string of the molecule is CC(=O)N1C=CC(C(=O)c2ccccc2)=CC1. The van der Waals surface area contributed by atoms with Crippen molar-refractivity contribution in [1.82, 2.24) is 4.90 Å². The van der Waals surface area contributed by atoms with E-state index in [1.807, 2.05) is 18.2 Å². The number of hydrogen-bond acceptors (Lipinski definition) is 2. The third-order valence-electron chi connectivity index (χ3n) is 2.64. The highest BCUT2D eigenvalue weighted by atomic mass is 16.2. The van der Waals surface area contributed by atoms with Crippen LogP contribution in [0.4, 0.5) is 0 Å². The van der Waals surface area contributed by atoms with Crippen LogP contribution in [0.2, 0.25) is 0 Å². The minimum absolute atomic E-state index is 0.00921. The first-order valence-corrected chi connectivity index (χ1v) is 5.44. The van der Waals surface area contributed by atoms with Gasteiger partial charge in [0.15, 0.2) is 5.78 Å². The van der Waals surface area contributed by atoms with Gasteiger partial charge in [-0.1, -0.05) is 36.4 Å². The van der Waals surface area contributed by atoms with Crippen LogP contribution in [0.25, 0.3) is 0 Å². The molecule has 2 rings (SSSR count). The number of carbonyl (C=O) groups excluding carboxylic acids is 2. The van der Waals surface area contributed by atoms with Crippen LogP contribution in [0.5, 0.6) is 0 Å². The van der Waals surface area contributed by atoms with Crippen molar-refractivity contribution in [3.8, 4) is 0 Å². The Morgan fingerprint density at radius 1 is 1.18 bits per heavy atom. The van der Waals surface area contributed by atoms with E-state index < -0.39 is 0 Å². The fraction of sp³-hybridized carbons (Fsp3) is 0.143. The Morgan fingerprint density at radius 2 is 1.88 bits per heavy atom. The molecule has 0 aromatic heterocycles. The number of carbonyl (C=O) groups is 2. The van der Waals surface area contributed by atoms with E-state index in [-0.39, 0.29) is 11.7 Å². The molecule has 1 aliphatic heterocycles. The first kappa shape index (κ1) is 11.3. The van der Waals surface area contributed by atoms with Crippen molar-refractivity contribution in [1.29, 1.82) is 0 Å². The molecule has 0 N–H and O–H groups in total. The Morgan fingerprint density at radius 3 is 2.41 bits per heavy atom. The van der Waals surface area contributed by atoms with E-state index >= 15 is 0 Å². The molecule has 3 nitrogen and oxygen atoms in total. The van der Waals surface area contributed by atoms with Gasteiger partial charge >= 0.3 is 0 Å². The lowest BCUT2D eigenvalue weighted by Gasteiger charge is -2.18. The van der Waals surface area contributed by atoms with Gasteiger partial charge in [-0.2, -0.15) is 0 Å². The Balaban J connectivity index is 2.14. The molecular weight excluding hydrogens is 214 g/mol. The third-order valence-corrected chi connectivity index (χ3v) is 2.64. The number of nitrogens with zero attached hydrogens (tertiary/aromatic N) is 1. The van der Waals surface area contributed by atoms with Crippen LogP contribution in [-0.4, -0.2) is 23.1 Å². The minimum Gasteiger partial charge on any atom is -0.315 e. The van der Waals surface area contributed by atoms with Crippen LogP contribution < -0.4 is 0 Å². The van der Waals surface area contributed by atoms with E-state index in [2.05, 4.69) is 0 Å². The zero-order valence-electron chi connectivity index (χ0n) is 9.59. The Hall–Kier alpha value is -2.16. The molecule has 1 aliphatic rings. The van der Waals surface area contributed by atoms with Gasteiger partial charge in [0.25, 0.3) is 0 Å². The maximum atomic E-state index is 12.1. The van der Waals surface area contributed by atoms with E-state index in [0.29, 0.717) is 17.7 Å². The molecule has 3 heteroatoms. The number of allylic oxidation sites excluding steroid dienone is 2. The quantitative estimate of drug-likeness (QED) is 0.726. The second kappa shape index (κ2) is 4.78. The number of ketones is 1. The van der Waals surface area contributed by atoms with Crippen LogP contribution >= 0.6 is 0 Å². The Bertz CT molecular complexity index is 500. The molecule has 0 aliphatic carbocycles. The molecule has 0 saturated carbocycles. The molecule has 0 spiro atoms. The second-order valence-electron chi connectivity index (χ2n) is 3.84. The number of Topliss-reactive ketones (excluding diaryl/α,β-unsaturated/α-hetero) is 1. The van der Waals surface area contributed by atoms with Crippen molar-refractivity contribution in [2.75, 3.05) is 6.54 Å². The standard InChI is InChI=1S/C14H13NO2/c1-11(16)15-9-7-13(8-10-15)14(17)12-5-3-2-4-6-12/h2-9H,10H2,1H3. The molecule has 1 heterocycles. The summed E-state index contributed by atoms with van der Waals surface area (Å²) in [6, 6.07) is 9.12. The first-order chi connectivity index (χ1) is 8.18. The maximum Gasteiger partial charge on any atom is 0.223 e. The molecule has 0 unspecified atom stereocenters. The van der Waals surface area contributed by atoms with E-state index in [1.54, 1.807) is 35.4 Å². The topological polar surface area (TPSA) is 37.4 Å². The van der Waals surface area contributed by atoms with Gasteiger partial charge in [-0.25, -0.2) is 0 Å². The van der Waals surface area contributed by atoms with Gasteiger partial charge in [0, 0.05) is 30.8 Å². The number of hydrogen-bond donors (Lipinski definition) is 0. The van der Waals surface area contributed by atoms with E-state index in [9.17, 15) is 9.59 Å². The number of amides is 1. The molecule has 0 atom stereocenters. The predicted molar refractivity (Wildman–Crippen MR) is 65.4 cm³/mol. The lowest BCUT2D eigenvalue weighted by Crippen LogP contribution is -2.25. The zero-order valence-corrected chi connectivity index (χ0v) is 9.59. The van der Waals surface area contributed by atoms with Crippen molar-refractivity contribution in [2.45, 2.75) is 6.92 Å². The lowest BCUT2D eigenvalue weighted by molar-refractivity contribution is -0.125. The average molecular weight is 227 g/mol. The summed E-state index contributed by atoms with van der Waals surface area (Å²) >= 11 is 0. The normalized spacial score (nSPS) is 14.4. The summed E-state index contributed by atoms with van der Waals surface area (Å²) in [5, 5.41) is 0. The average Bonchev–Trinajstić information content (AvgIpc) is 2.39. The van der Waals surface area contributed by atoms with E-state index in [1.165, 1.54) is 6.92 Å². The molecular formula is C14H13NO2. The summed E-state index contributed by atoms with van der Waals surface area (Å²) in [6.45, 7) is 1.96. The highest BCUT2D eigenvalue weighted by Gasteiger charge is 2.14. The molecule has 0 fully saturated rings. The zero-order chi connectivity index (χ0) is 12.3. The van der Waals surface area contributed by atoms with Gasteiger partial charge in [-0.15, -0.1) is 0 Å². The maximum absolute atomic E-state index is 12.1. The third kappa shape index (κ3) is 2.50. The van der Waals surface area contributed by atoms with Crippen LogP contribution in [0.3, 0.4) is 0 Å². The number of rotatable bonds is 2. The van der Waals surface area contributed by atoms with Crippen LogP contribution in [0.15, 0.2) is 54.3 Å². The smallest absolute Gasteiger partial charge is 0.223 e. The Kier molecular flexibility index (Phi) is 3.19. The van der Waals surface area contributed by atoms with Crippen LogP contribution in [0, 0.1) is 0 Å². The van der Waals surface area contributed by atoms with Crippen LogP contribution in [0.1, 0.15) is 17.3 Å². The van der Waals surface area contributed by atoms with Crippen molar-refractivity contribution in [3.63, 3.8) is 0 Å². The molecule has 0 bridgehead atoms. The molecule has 1 aromatic carbocycles. The Labute approximate surface area is 100 Å². The molecule has 0 saturated heterocycles. The summed E-state index contributed by atoms with van der Waals surface area (Å²) in [5.74, 6) is -0.0336. The van der Waals surface area contributed by atoms with Gasteiger partial charge in [-0.05, 0) is 6.08 Å². The second-order valence-corrected chi connectivity index (χ2v) is 3.84. The summed E-state index contributed by atoms with van der Waals surface area (Å²) in [5.41, 5.74) is 1.30. The van der Waals surface area contributed by atoms with Gasteiger partial charge in [0.05, 0.1) is 0 Å². The monoisotopic (exact) mass is 227 g/mol. The predicted octanol–water partition coefficient (Wildman–Crippen LogP) is 2.17. The molecule has 86 valence electrons. The molecule has 17 heavy (non-hydrogen) atoms. The van der Waals surface area contributed by atoms with Gasteiger partial charge in [0.1, 0.15) is 0 Å². The number of benzene rings is 1. The first-order valence-electron chi connectivity index (χ1n) is 5.44. The molecule has 1 aromatic rings. The van der Waals surface area contributed by atoms with Crippen LogP contribution in [-0.2, 0) is 4.79 Å². The summed E-state index contributed by atoms with van der Waals surface area (Å²) in [6.07, 6.45) is 5.11. The summed E-state index contributed by atoms with van der Waals surface area (Å²) < 4.78 is 0. The lowest BCUT2D eigenvalue weighted by atomic mass is 10.0. The minimum atomic E-state index is -0.0243. The summed E-state index contributed by atoms with van der Waals surface area (Å²) in [4.78, 5) is 24.7. The van der Waals surface area contributed by atoms with Crippen molar-refractivity contribution >= 4 is 11.7 Å². The van der Waals surface area contributed by atoms with Gasteiger partial charge in [-0.3, -0.25) is 9.59 Å². The fourth-order valence-electron chi connectivity index (χ4n) is 1.65. The molecule has 0 radical (unpaired) electrons. The highest BCUT2D eigenvalue weighted by Crippen LogP contribution is 2.13. The van der Waals surface area contributed by atoms with E-state index in [0.717, 1.165) is 0 Å². The van der Waals surface area contributed by atoms with Crippen molar-refractivity contribution in [3.05, 3.63) is 59.8 Å². The fourth-order valence-corrected chi connectivity index (χ4v) is 1.65. The van der Waals surface area contributed by atoms with E-state index in [4.69, 9.17) is 0 Å². The van der Waals surface area contributed by atoms with Crippen molar-refractivity contribution < 1.29 is 9.59 Å². The largest absolute Gasteiger partial charge is 0.315 e.